The van der Waals surface area contributed by atoms with E-state index in [4.69, 9.17) is 9.72 Å². The first kappa shape index (κ1) is 15.3. The van der Waals surface area contributed by atoms with Crippen LogP contribution in [0.5, 0.6) is 0 Å². The van der Waals surface area contributed by atoms with Gasteiger partial charge in [0.05, 0.1) is 12.3 Å². The molecule has 1 aliphatic heterocycles. The summed E-state index contributed by atoms with van der Waals surface area (Å²) < 4.78 is 5.32. The molecule has 0 radical (unpaired) electrons. The number of hydrogen-bond donors (Lipinski definition) is 1. The Balaban J connectivity index is 1.82. The molecule has 2 atom stereocenters. The number of anilines is 1. The molecule has 1 saturated heterocycles. The molecule has 2 aliphatic rings. The van der Waals surface area contributed by atoms with Crippen LogP contribution >= 0.6 is 11.3 Å². The molecule has 4 nitrogen and oxygen atoms in total. The zero-order chi connectivity index (χ0) is 14.7. The Kier molecular flexibility index (Phi) is 5.14. The Morgan fingerprint density at radius 2 is 2.10 bits per heavy atom. The van der Waals surface area contributed by atoms with Gasteiger partial charge in [0.25, 0.3) is 0 Å². The van der Waals surface area contributed by atoms with Crippen LogP contribution in [0.2, 0.25) is 0 Å². The molecule has 2 fully saturated rings. The number of nitrogens with zero attached hydrogens (tertiary/aromatic N) is 2. The quantitative estimate of drug-likeness (QED) is 0.906. The molecule has 0 unspecified atom stereocenters. The summed E-state index contributed by atoms with van der Waals surface area (Å²) in [4.78, 5) is 8.85. The minimum Gasteiger partial charge on any atom is -0.378 e. The van der Waals surface area contributed by atoms with Crippen LogP contribution in [0.3, 0.4) is 0 Å². The van der Waals surface area contributed by atoms with Crippen molar-refractivity contribution in [3.05, 3.63) is 10.6 Å². The van der Waals surface area contributed by atoms with E-state index in [1.807, 2.05) is 18.4 Å². The Morgan fingerprint density at radius 3 is 2.90 bits per heavy atom. The van der Waals surface area contributed by atoms with Crippen LogP contribution in [0.25, 0.3) is 0 Å². The fourth-order valence-corrected chi connectivity index (χ4v) is 5.06. The van der Waals surface area contributed by atoms with Gasteiger partial charge in [0.2, 0.25) is 0 Å². The van der Waals surface area contributed by atoms with E-state index < -0.39 is 0 Å². The van der Waals surface area contributed by atoms with Crippen LogP contribution in [-0.2, 0) is 17.9 Å². The third-order valence-electron chi connectivity index (χ3n) is 4.87. The fraction of sp³-hybridized carbons (Fsp3) is 0.812. The summed E-state index contributed by atoms with van der Waals surface area (Å²) in [6, 6.07) is 0.733. The maximum Gasteiger partial charge on any atom is 0.186 e. The lowest BCUT2D eigenvalue weighted by Crippen LogP contribution is -2.46. The van der Waals surface area contributed by atoms with Crippen molar-refractivity contribution in [1.29, 1.82) is 0 Å². The van der Waals surface area contributed by atoms with Crippen molar-refractivity contribution in [2.45, 2.75) is 57.7 Å². The molecule has 0 bridgehead atoms. The minimum absolute atomic E-state index is 0.620. The average molecular weight is 309 g/mol. The van der Waals surface area contributed by atoms with E-state index in [0.717, 1.165) is 24.2 Å². The second-order valence-corrected chi connectivity index (χ2v) is 7.34. The molecule has 1 aromatic heterocycles. The van der Waals surface area contributed by atoms with Gasteiger partial charge >= 0.3 is 0 Å². The van der Waals surface area contributed by atoms with Gasteiger partial charge in [0.1, 0.15) is 0 Å². The largest absolute Gasteiger partial charge is 0.378 e. The number of ether oxygens (including phenoxy) is 1. The van der Waals surface area contributed by atoms with E-state index in [9.17, 15) is 0 Å². The number of thiazole rings is 1. The molecule has 21 heavy (non-hydrogen) atoms. The molecule has 0 amide bonds. The maximum absolute atomic E-state index is 5.32. The first-order chi connectivity index (χ1) is 10.3. The lowest BCUT2D eigenvalue weighted by molar-refractivity contribution is 0.181. The SMILES string of the molecule is CNCc1sc(N2CCC[C@H]3CCCC[C@H]32)nc1COC. The lowest BCUT2D eigenvalue weighted by Gasteiger charge is -2.44. The van der Waals surface area contributed by atoms with Crippen LogP contribution in [0.1, 0.15) is 49.1 Å². The summed E-state index contributed by atoms with van der Waals surface area (Å²) in [5, 5.41) is 4.48. The van der Waals surface area contributed by atoms with Gasteiger partial charge in [-0.25, -0.2) is 4.98 Å². The van der Waals surface area contributed by atoms with Gasteiger partial charge in [-0.05, 0) is 38.6 Å². The van der Waals surface area contributed by atoms with E-state index in [-0.39, 0.29) is 0 Å². The average Bonchev–Trinajstić information content (AvgIpc) is 2.90. The highest BCUT2D eigenvalue weighted by molar-refractivity contribution is 7.15. The molecule has 118 valence electrons. The van der Waals surface area contributed by atoms with Crippen molar-refractivity contribution in [2.75, 3.05) is 25.6 Å². The standard InChI is InChI=1S/C16H27N3OS/c1-17-10-15-13(11-20-2)18-16(21-15)19-9-5-7-12-6-3-4-8-14(12)19/h12,14,17H,3-11H2,1-2H3/t12-,14-/m1/s1. The second-order valence-electron chi connectivity index (χ2n) is 6.28. The van der Waals surface area contributed by atoms with E-state index >= 15 is 0 Å². The van der Waals surface area contributed by atoms with Gasteiger partial charge in [-0.15, -0.1) is 11.3 Å². The van der Waals surface area contributed by atoms with E-state index in [0.29, 0.717) is 6.61 Å². The molecule has 0 spiro atoms. The number of nitrogens with one attached hydrogen (secondary N) is 1. The summed E-state index contributed by atoms with van der Waals surface area (Å²) in [6.45, 7) is 2.69. The molecule has 0 aromatic carbocycles. The predicted molar refractivity (Wildman–Crippen MR) is 87.9 cm³/mol. The molecule has 5 heteroatoms. The topological polar surface area (TPSA) is 37.4 Å². The third kappa shape index (κ3) is 3.25. The van der Waals surface area contributed by atoms with E-state index in [2.05, 4.69) is 10.2 Å². The number of rotatable bonds is 5. The summed E-state index contributed by atoms with van der Waals surface area (Å²) in [5.41, 5.74) is 1.12. The normalized spacial score (nSPS) is 25.9. The maximum atomic E-state index is 5.32. The first-order valence-corrected chi connectivity index (χ1v) is 9.04. The summed E-state index contributed by atoms with van der Waals surface area (Å²) in [7, 11) is 3.74. The number of aromatic nitrogens is 1. The van der Waals surface area contributed by atoms with Gasteiger partial charge in [0.15, 0.2) is 5.13 Å². The molecule has 2 heterocycles. The lowest BCUT2D eigenvalue weighted by atomic mass is 9.78. The second kappa shape index (κ2) is 7.07. The van der Waals surface area contributed by atoms with E-state index in [1.165, 1.54) is 55.1 Å². The van der Waals surface area contributed by atoms with Crippen LogP contribution < -0.4 is 10.2 Å². The van der Waals surface area contributed by atoms with Crippen LogP contribution in [0.15, 0.2) is 0 Å². The number of hydrogen-bond acceptors (Lipinski definition) is 5. The fourth-order valence-electron chi connectivity index (χ4n) is 3.90. The number of piperidine rings is 1. The highest BCUT2D eigenvalue weighted by Gasteiger charge is 2.34. The number of fused-ring (bicyclic) bond motifs is 1. The summed E-state index contributed by atoms with van der Waals surface area (Å²) in [6.07, 6.45) is 8.32. The molecule has 1 aromatic rings. The highest BCUT2D eigenvalue weighted by Crippen LogP contribution is 2.39. The predicted octanol–water partition coefficient (Wildman–Crippen LogP) is 3.17. The van der Waals surface area contributed by atoms with Gasteiger partial charge in [-0.3, -0.25) is 0 Å². The molecule has 1 N–H and O–H groups in total. The van der Waals surface area contributed by atoms with Gasteiger partial charge < -0.3 is 15.0 Å². The minimum atomic E-state index is 0.620. The smallest absolute Gasteiger partial charge is 0.186 e. The highest BCUT2D eigenvalue weighted by atomic mass is 32.1. The van der Waals surface area contributed by atoms with Crippen molar-refractivity contribution < 1.29 is 4.74 Å². The van der Waals surface area contributed by atoms with E-state index in [1.54, 1.807) is 7.11 Å². The van der Waals surface area contributed by atoms with Gasteiger partial charge in [0, 0.05) is 31.1 Å². The molecular weight excluding hydrogens is 282 g/mol. The first-order valence-electron chi connectivity index (χ1n) is 8.22. The number of methoxy groups -OCH3 is 1. The van der Waals surface area contributed by atoms with Crippen molar-refractivity contribution in [3.8, 4) is 0 Å². The van der Waals surface area contributed by atoms with Crippen molar-refractivity contribution in [3.63, 3.8) is 0 Å². The molecule has 3 rings (SSSR count). The van der Waals surface area contributed by atoms with Crippen molar-refractivity contribution >= 4 is 16.5 Å². The van der Waals surface area contributed by atoms with Crippen LogP contribution in [0.4, 0.5) is 5.13 Å². The van der Waals surface area contributed by atoms with Crippen LogP contribution in [-0.4, -0.2) is 31.7 Å². The Labute approximate surface area is 131 Å². The molecular formula is C16H27N3OS. The molecule has 1 saturated carbocycles. The third-order valence-corrected chi connectivity index (χ3v) is 6.01. The Morgan fingerprint density at radius 1 is 1.29 bits per heavy atom. The van der Waals surface area contributed by atoms with Gasteiger partial charge in [-0.1, -0.05) is 12.8 Å². The monoisotopic (exact) mass is 309 g/mol. The Hall–Kier alpha value is -0.650. The zero-order valence-corrected chi connectivity index (χ0v) is 14.0. The summed E-state index contributed by atoms with van der Waals surface area (Å²) in [5.74, 6) is 0.898. The van der Waals surface area contributed by atoms with Crippen LogP contribution in [0, 0.1) is 5.92 Å². The molecule has 1 aliphatic carbocycles. The zero-order valence-electron chi connectivity index (χ0n) is 13.2. The van der Waals surface area contributed by atoms with Crippen molar-refractivity contribution in [1.82, 2.24) is 10.3 Å². The van der Waals surface area contributed by atoms with Crippen molar-refractivity contribution in [2.24, 2.45) is 5.92 Å². The Bertz CT molecular complexity index is 437. The van der Waals surface area contributed by atoms with Gasteiger partial charge in [-0.2, -0.15) is 0 Å². The summed E-state index contributed by atoms with van der Waals surface area (Å²) >= 11 is 1.86.